The van der Waals surface area contributed by atoms with Gasteiger partial charge in [0.25, 0.3) is 0 Å². The number of hydrogen-bond donors (Lipinski definition) is 1. The summed E-state index contributed by atoms with van der Waals surface area (Å²) < 4.78 is 11.7. The van der Waals surface area contributed by atoms with Crippen molar-refractivity contribution >= 4 is 17.0 Å². The highest BCUT2D eigenvalue weighted by atomic mass is 16.6. The van der Waals surface area contributed by atoms with Crippen molar-refractivity contribution in [1.82, 2.24) is 9.97 Å². The molecule has 1 aromatic heterocycles. The number of nitrogens with one attached hydrogen (secondary N) is 1. The number of H-pyrrole nitrogens is 1. The summed E-state index contributed by atoms with van der Waals surface area (Å²) in [5, 5.41) is 0. The lowest BCUT2D eigenvalue weighted by Gasteiger charge is -2.28. The Morgan fingerprint density at radius 3 is 2.92 bits per heavy atom. The third kappa shape index (κ3) is 2.12. The minimum Gasteiger partial charge on any atom is -0.486 e. The van der Waals surface area contributed by atoms with E-state index in [-0.39, 0.29) is 6.04 Å². The van der Waals surface area contributed by atoms with Crippen LogP contribution in [0.2, 0.25) is 0 Å². The second-order valence-electron chi connectivity index (χ2n) is 6.30. The van der Waals surface area contributed by atoms with Crippen molar-refractivity contribution in [3.8, 4) is 11.5 Å². The molecule has 3 aromatic rings. The summed E-state index contributed by atoms with van der Waals surface area (Å²) in [6, 6.07) is 14.6. The smallest absolute Gasteiger partial charge is 0.204 e. The number of nitrogens with zero attached hydrogens (tertiary/aromatic N) is 2. The van der Waals surface area contributed by atoms with E-state index in [4.69, 9.17) is 14.5 Å². The van der Waals surface area contributed by atoms with Gasteiger partial charge in [-0.25, -0.2) is 4.98 Å². The van der Waals surface area contributed by atoms with Gasteiger partial charge in [0.05, 0.1) is 17.1 Å². The first kappa shape index (κ1) is 13.7. The Hall–Kier alpha value is -2.69. The molecule has 24 heavy (non-hydrogen) atoms. The molecule has 0 amide bonds. The molecule has 0 saturated carbocycles. The predicted octanol–water partition coefficient (Wildman–Crippen LogP) is 3.68. The van der Waals surface area contributed by atoms with Gasteiger partial charge < -0.3 is 19.4 Å². The second kappa shape index (κ2) is 5.44. The van der Waals surface area contributed by atoms with E-state index in [0.717, 1.165) is 47.9 Å². The molecule has 1 saturated heterocycles. The van der Waals surface area contributed by atoms with Gasteiger partial charge in [0, 0.05) is 12.1 Å². The Labute approximate surface area is 140 Å². The highest BCUT2D eigenvalue weighted by molar-refractivity contribution is 5.77. The predicted molar refractivity (Wildman–Crippen MR) is 92.8 cm³/mol. The normalized spacial score (nSPS) is 19.8. The molecular weight excluding hydrogens is 302 g/mol. The van der Waals surface area contributed by atoms with Gasteiger partial charge in [-0.3, -0.25) is 0 Å². The highest BCUT2D eigenvalue weighted by Gasteiger charge is 2.32. The summed E-state index contributed by atoms with van der Waals surface area (Å²) in [5.74, 6) is 2.69. The molecule has 0 spiro atoms. The number of ether oxygens (including phenoxy) is 2. The molecule has 0 aliphatic carbocycles. The molecular formula is C19H19N3O2. The molecule has 2 aliphatic heterocycles. The number of para-hydroxylation sites is 3. The summed E-state index contributed by atoms with van der Waals surface area (Å²) >= 11 is 0. The van der Waals surface area contributed by atoms with Crippen LogP contribution >= 0.6 is 0 Å². The van der Waals surface area contributed by atoms with Crippen LogP contribution in [-0.4, -0.2) is 29.7 Å². The van der Waals surface area contributed by atoms with E-state index in [2.05, 4.69) is 28.1 Å². The maximum Gasteiger partial charge on any atom is 0.204 e. The van der Waals surface area contributed by atoms with Crippen molar-refractivity contribution in [3.05, 3.63) is 48.0 Å². The number of rotatable bonds is 2. The van der Waals surface area contributed by atoms with E-state index >= 15 is 0 Å². The topological polar surface area (TPSA) is 50.4 Å². The standard InChI is InChI=1S/C19H19N3O2/c1-2-7-15-14(6-1)20-19(21-15)22-10-4-8-16(22)13-5-3-9-17-18(13)24-12-11-23-17/h1-3,5-7,9,16H,4,8,10-12H2,(H,20,21). The maximum absolute atomic E-state index is 5.93. The van der Waals surface area contributed by atoms with E-state index < -0.39 is 0 Å². The molecule has 3 heterocycles. The van der Waals surface area contributed by atoms with Crippen molar-refractivity contribution in [1.29, 1.82) is 0 Å². The van der Waals surface area contributed by atoms with E-state index in [0.29, 0.717) is 13.2 Å². The zero-order chi connectivity index (χ0) is 15.9. The van der Waals surface area contributed by atoms with Crippen LogP contribution < -0.4 is 14.4 Å². The molecule has 1 fully saturated rings. The van der Waals surface area contributed by atoms with Crippen LogP contribution in [0.15, 0.2) is 42.5 Å². The Bertz CT molecular complexity index is 856. The molecule has 1 atom stereocenters. The largest absolute Gasteiger partial charge is 0.486 e. The van der Waals surface area contributed by atoms with E-state index in [1.54, 1.807) is 0 Å². The minimum atomic E-state index is 0.266. The van der Waals surface area contributed by atoms with Crippen molar-refractivity contribution < 1.29 is 9.47 Å². The van der Waals surface area contributed by atoms with Crippen LogP contribution in [0, 0.1) is 0 Å². The first-order valence-corrected chi connectivity index (χ1v) is 8.50. The summed E-state index contributed by atoms with van der Waals surface area (Å²) in [7, 11) is 0. The lowest BCUT2D eigenvalue weighted by Crippen LogP contribution is -2.25. The SMILES string of the molecule is c1cc2c(c(C3CCCN3c3nc4ccccc4[nH]3)c1)OCCO2. The van der Waals surface area contributed by atoms with Gasteiger partial charge in [0.2, 0.25) is 5.95 Å². The summed E-state index contributed by atoms with van der Waals surface area (Å²) in [6.45, 7) is 2.23. The second-order valence-corrected chi connectivity index (χ2v) is 6.30. The molecule has 1 N–H and O–H groups in total. The molecule has 5 nitrogen and oxygen atoms in total. The van der Waals surface area contributed by atoms with Crippen LogP contribution in [-0.2, 0) is 0 Å². The zero-order valence-electron chi connectivity index (χ0n) is 13.4. The first-order chi connectivity index (χ1) is 11.9. The quantitative estimate of drug-likeness (QED) is 0.782. The van der Waals surface area contributed by atoms with Crippen molar-refractivity contribution in [2.24, 2.45) is 0 Å². The zero-order valence-corrected chi connectivity index (χ0v) is 13.4. The lowest BCUT2D eigenvalue weighted by molar-refractivity contribution is 0.169. The van der Waals surface area contributed by atoms with Crippen LogP contribution in [0.3, 0.4) is 0 Å². The molecule has 122 valence electrons. The molecule has 5 rings (SSSR count). The van der Waals surface area contributed by atoms with Gasteiger partial charge in [-0.1, -0.05) is 24.3 Å². The molecule has 5 heteroatoms. The average molecular weight is 321 g/mol. The summed E-state index contributed by atoms with van der Waals surface area (Å²) in [4.78, 5) is 10.6. The maximum atomic E-state index is 5.93. The fourth-order valence-electron chi connectivity index (χ4n) is 3.78. The molecule has 0 radical (unpaired) electrons. The Morgan fingerprint density at radius 2 is 1.96 bits per heavy atom. The van der Waals surface area contributed by atoms with Crippen molar-refractivity contribution in [3.63, 3.8) is 0 Å². The molecule has 2 aliphatic rings. The third-order valence-corrected chi connectivity index (χ3v) is 4.86. The van der Waals surface area contributed by atoms with Crippen molar-refractivity contribution in [2.75, 3.05) is 24.7 Å². The van der Waals surface area contributed by atoms with Gasteiger partial charge in [-0.2, -0.15) is 0 Å². The van der Waals surface area contributed by atoms with Crippen molar-refractivity contribution in [2.45, 2.75) is 18.9 Å². The van der Waals surface area contributed by atoms with Crippen LogP contribution in [0.1, 0.15) is 24.4 Å². The number of aromatic amines is 1. The van der Waals surface area contributed by atoms with Gasteiger partial charge in [-0.15, -0.1) is 0 Å². The van der Waals surface area contributed by atoms with Crippen LogP contribution in [0.4, 0.5) is 5.95 Å². The Balaban J connectivity index is 1.56. The molecule has 2 aromatic carbocycles. The number of benzene rings is 2. The molecule has 0 bridgehead atoms. The first-order valence-electron chi connectivity index (χ1n) is 8.50. The van der Waals surface area contributed by atoms with Gasteiger partial charge in [0.15, 0.2) is 11.5 Å². The van der Waals surface area contributed by atoms with Crippen LogP contribution in [0.25, 0.3) is 11.0 Å². The van der Waals surface area contributed by atoms with E-state index in [9.17, 15) is 0 Å². The number of fused-ring (bicyclic) bond motifs is 2. The van der Waals surface area contributed by atoms with Gasteiger partial charge in [-0.05, 0) is 31.0 Å². The average Bonchev–Trinajstić information content (AvgIpc) is 3.27. The molecule has 1 unspecified atom stereocenters. The summed E-state index contributed by atoms with van der Waals surface area (Å²) in [5.41, 5.74) is 3.28. The number of aromatic nitrogens is 2. The van der Waals surface area contributed by atoms with Gasteiger partial charge >= 0.3 is 0 Å². The van der Waals surface area contributed by atoms with Crippen LogP contribution in [0.5, 0.6) is 11.5 Å². The Morgan fingerprint density at radius 1 is 1.04 bits per heavy atom. The highest BCUT2D eigenvalue weighted by Crippen LogP contribution is 2.43. The monoisotopic (exact) mass is 321 g/mol. The minimum absolute atomic E-state index is 0.266. The number of hydrogen-bond acceptors (Lipinski definition) is 4. The lowest BCUT2D eigenvalue weighted by atomic mass is 10.0. The van der Waals surface area contributed by atoms with Gasteiger partial charge in [0.1, 0.15) is 13.2 Å². The third-order valence-electron chi connectivity index (χ3n) is 4.86. The number of imidazole rings is 1. The fourth-order valence-corrected chi connectivity index (χ4v) is 3.78. The fraction of sp³-hybridized carbons (Fsp3) is 0.316. The Kier molecular flexibility index (Phi) is 3.11. The summed E-state index contributed by atoms with van der Waals surface area (Å²) in [6.07, 6.45) is 2.24. The number of anilines is 1. The van der Waals surface area contributed by atoms with E-state index in [1.165, 1.54) is 5.56 Å². The van der Waals surface area contributed by atoms with E-state index in [1.807, 2.05) is 24.3 Å².